The average Bonchev–Trinajstić information content (AvgIpc) is 2.39. The van der Waals surface area contributed by atoms with Gasteiger partial charge in [0.25, 0.3) is 0 Å². The number of carbonyl (C=O) groups excluding carboxylic acids is 1. The molecule has 0 spiro atoms. The molecule has 0 N–H and O–H groups in total. The zero-order chi connectivity index (χ0) is 11.4. The van der Waals surface area contributed by atoms with Crippen LogP contribution in [0.25, 0.3) is 16.1 Å². The Labute approximate surface area is 93.2 Å². The maximum Gasteiger partial charge on any atom is 0.205 e. The lowest BCUT2D eigenvalue weighted by atomic mass is 10.1. The van der Waals surface area contributed by atoms with Crippen LogP contribution in [0.1, 0.15) is 10.4 Å². The molecule has 0 saturated heterocycles. The highest BCUT2D eigenvalue weighted by Crippen LogP contribution is 2.20. The monoisotopic (exact) mass is 208 g/mol. The molecule has 0 amide bonds. The number of hydrogen-bond donors (Lipinski definition) is 0. The van der Waals surface area contributed by atoms with Crippen LogP contribution in [0.15, 0.2) is 42.6 Å². The predicted octanol–water partition coefficient (Wildman–Crippen LogP) is 3.11. The minimum atomic E-state index is 0.510. The van der Waals surface area contributed by atoms with Gasteiger partial charge in [-0.3, -0.25) is 9.78 Å². The second-order valence-electron chi connectivity index (χ2n) is 3.26. The molecule has 0 aliphatic rings. The van der Waals surface area contributed by atoms with E-state index in [-0.39, 0.29) is 0 Å². The van der Waals surface area contributed by atoms with Crippen LogP contribution in [0.2, 0.25) is 0 Å². The molecule has 0 atom stereocenters. The van der Waals surface area contributed by atoms with Crippen LogP contribution in [0, 0.1) is 6.57 Å². The molecule has 3 heteroatoms. The third-order valence-corrected chi connectivity index (χ3v) is 2.20. The van der Waals surface area contributed by atoms with Gasteiger partial charge in [-0.05, 0) is 12.1 Å². The molecular weight excluding hydrogens is 200 g/mol. The van der Waals surface area contributed by atoms with Crippen molar-refractivity contribution in [2.24, 2.45) is 0 Å². The van der Waals surface area contributed by atoms with E-state index in [0.29, 0.717) is 11.3 Å². The first-order valence-electron chi connectivity index (χ1n) is 4.72. The van der Waals surface area contributed by atoms with E-state index in [1.807, 2.05) is 12.1 Å². The van der Waals surface area contributed by atoms with Gasteiger partial charge in [0.05, 0.1) is 12.3 Å². The summed E-state index contributed by atoms with van der Waals surface area (Å²) in [6, 6.07) is 10.7. The Kier molecular flexibility index (Phi) is 2.75. The van der Waals surface area contributed by atoms with Crippen LogP contribution in [0.3, 0.4) is 0 Å². The molecule has 16 heavy (non-hydrogen) atoms. The van der Waals surface area contributed by atoms with Crippen LogP contribution >= 0.6 is 0 Å². The fourth-order valence-corrected chi connectivity index (χ4v) is 1.39. The van der Waals surface area contributed by atoms with E-state index in [1.54, 1.807) is 24.3 Å². The molecule has 0 fully saturated rings. The molecule has 0 saturated carbocycles. The molecule has 3 nitrogen and oxygen atoms in total. The van der Waals surface area contributed by atoms with Gasteiger partial charge < -0.3 is 0 Å². The van der Waals surface area contributed by atoms with Crippen molar-refractivity contribution in [1.29, 1.82) is 0 Å². The summed E-state index contributed by atoms with van der Waals surface area (Å²) >= 11 is 0. The van der Waals surface area contributed by atoms with Crippen molar-refractivity contribution in [3.8, 4) is 11.3 Å². The highest BCUT2D eigenvalue weighted by molar-refractivity contribution is 5.78. The largest absolute Gasteiger partial charge is 0.298 e. The van der Waals surface area contributed by atoms with Gasteiger partial charge in [0.15, 0.2) is 0 Å². The zero-order valence-electron chi connectivity index (χ0n) is 8.42. The minimum Gasteiger partial charge on any atom is -0.298 e. The lowest BCUT2D eigenvalue weighted by Crippen LogP contribution is -1.84. The van der Waals surface area contributed by atoms with Crippen molar-refractivity contribution in [2.75, 3.05) is 0 Å². The maximum absolute atomic E-state index is 10.6. The number of aromatic nitrogens is 1. The highest BCUT2D eigenvalue weighted by Gasteiger charge is 2.00. The molecule has 2 aromatic rings. The number of benzene rings is 1. The van der Waals surface area contributed by atoms with Gasteiger partial charge in [0.1, 0.15) is 6.29 Å². The fourth-order valence-electron chi connectivity index (χ4n) is 1.39. The summed E-state index contributed by atoms with van der Waals surface area (Å²) in [5, 5.41) is 0. The Morgan fingerprint density at radius 1 is 1.25 bits per heavy atom. The third kappa shape index (κ3) is 1.96. The summed E-state index contributed by atoms with van der Waals surface area (Å²) in [4.78, 5) is 18.1. The topological polar surface area (TPSA) is 34.3 Å². The number of nitrogens with zero attached hydrogens (tertiary/aromatic N) is 2. The third-order valence-electron chi connectivity index (χ3n) is 2.20. The van der Waals surface area contributed by atoms with Gasteiger partial charge in [-0.1, -0.05) is 24.3 Å². The van der Waals surface area contributed by atoms with Crippen molar-refractivity contribution in [3.05, 3.63) is 59.6 Å². The smallest absolute Gasteiger partial charge is 0.205 e. The Hall–Kier alpha value is -2.47. The Morgan fingerprint density at radius 2 is 2.12 bits per heavy atom. The summed E-state index contributed by atoms with van der Waals surface area (Å²) in [6.45, 7) is 6.82. The molecular formula is C13H8N2O. The molecule has 1 aromatic carbocycles. The van der Waals surface area contributed by atoms with Crippen LogP contribution in [-0.2, 0) is 0 Å². The molecule has 0 aliphatic heterocycles. The van der Waals surface area contributed by atoms with Crippen LogP contribution in [0.4, 0.5) is 5.69 Å². The van der Waals surface area contributed by atoms with Gasteiger partial charge >= 0.3 is 0 Å². The molecule has 1 heterocycles. The van der Waals surface area contributed by atoms with Crippen molar-refractivity contribution >= 4 is 12.0 Å². The summed E-state index contributed by atoms with van der Waals surface area (Å²) < 4.78 is 0. The Balaban J connectivity index is 2.42. The van der Waals surface area contributed by atoms with Crippen molar-refractivity contribution in [2.45, 2.75) is 0 Å². The summed E-state index contributed by atoms with van der Waals surface area (Å²) in [6.07, 6.45) is 2.33. The maximum atomic E-state index is 10.6. The number of carbonyl (C=O) groups is 1. The van der Waals surface area contributed by atoms with Crippen molar-refractivity contribution in [3.63, 3.8) is 0 Å². The van der Waals surface area contributed by atoms with Gasteiger partial charge in [-0.15, -0.1) is 0 Å². The first-order chi connectivity index (χ1) is 7.83. The van der Waals surface area contributed by atoms with Gasteiger partial charge in [-0.2, -0.15) is 0 Å². The molecule has 0 aliphatic carbocycles. The molecule has 0 unspecified atom stereocenters. The van der Waals surface area contributed by atoms with E-state index in [0.717, 1.165) is 17.5 Å². The quantitative estimate of drug-likeness (QED) is 0.561. The van der Waals surface area contributed by atoms with Crippen LogP contribution in [-0.4, -0.2) is 11.3 Å². The Morgan fingerprint density at radius 3 is 2.75 bits per heavy atom. The number of aldehydes is 1. The molecule has 76 valence electrons. The second-order valence-corrected chi connectivity index (χ2v) is 3.26. The SMILES string of the molecule is [C-]#[N+]c1ccc(-c2cccc(C=O)c2)nc1. The summed E-state index contributed by atoms with van der Waals surface area (Å²) in [5.74, 6) is 0. The van der Waals surface area contributed by atoms with E-state index < -0.39 is 0 Å². The average molecular weight is 208 g/mol. The summed E-state index contributed by atoms with van der Waals surface area (Å²) in [7, 11) is 0. The predicted molar refractivity (Wildman–Crippen MR) is 61.3 cm³/mol. The lowest BCUT2D eigenvalue weighted by molar-refractivity contribution is 0.112. The van der Waals surface area contributed by atoms with E-state index in [9.17, 15) is 4.79 Å². The fraction of sp³-hybridized carbons (Fsp3) is 0. The number of rotatable bonds is 2. The van der Waals surface area contributed by atoms with E-state index >= 15 is 0 Å². The van der Waals surface area contributed by atoms with E-state index in [1.165, 1.54) is 6.20 Å². The van der Waals surface area contributed by atoms with Crippen LogP contribution < -0.4 is 0 Å². The van der Waals surface area contributed by atoms with E-state index in [4.69, 9.17) is 6.57 Å². The number of hydrogen-bond acceptors (Lipinski definition) is 2. The Bertz CT molecular complexity index is 553. The van der Waals surface area contributed by atoms with Crippen molar-refractivity contribution < 1.29 is 4.79 Å². The first-order valence-corrected chi connectivity index (χ1v) is 4.72. The lowest BCUT2D eigenvalue weighted by Gasteiger charge is -2.01. The molecule has 0 radical (unpaired) electrons. The van der Waals surface area contributed by atoms with Gasteiger partial charge in [0, 0.05) is 17.3 Å². The molecule has 2 rings (SSSR count). The minimum absolute atomic E-state index is 0.510. The first kappa shape index (κ1) is 10.1. The molecule has 0 bridgehead atoms. The highest BCUT2D eigenvalue weighted by atomic mass is 16.1. The van der Waals surface area contributed by atoms with Crippen molar-refractivity contribution in [1.82, 2.24) is 4.98 Å². The van der Waals surface area contributed by atoms with Gasteiger partial charge in [0.2, 0.25) is 5.69 Å². The zero-order valence-corrected chi connectivity index (χ0v) is 8.42. The van der Waals surface area contributed by atoms with Gasteiger partial charge in [-0.25, -0.2) is 4.85 Å². The number of pyridine rings is 1. The molecule has 1 aromatic heterocycles. The second kappa shape index (κ2) is 4.37. The normalized spacial score (nSPS) is 9.44. The summed E-state index contributed by atoms with van der Waals surface area (Å²) in [5.41, 5.74) is 2.76. The van der Waals surface area contributed by atoms with Crippen LogP contribution in [0.5, 0.6) is 0 Å². The standard InChI is InChI=1S/C13H8N2O/c1-14-12-5-6-13(15-8-12)11-4-2-3-10(7-11)9-16/h2-9H. The van der Waals surface area contributed by atoms with E-state index in [2.05, 4.69) is 9.83 Å².